The molecule has 0 saturated heterocycles. The summed E-state index contributed by atoms with van der Waals surface area (Å²) in [6, 6.07) is 1.63. The zero-order chi connectivity index (χ0) is 12.0. The lowest BCUT2D eigenvalue weighted by molar-refractivity contribution is 0.0695. The first-order valence-electron chi connectivity index (χ1n) is 5.55. The number of hydrogen-bond donors (Lipinski definition) is 1. The summed E-state index contributed by atoms with van der Waals surface area (Å²) in [7, 11) is 0. The normalized spacial score (nSPS) is 10.6. The van der Waals surface area contributed by atoms with E-state index < -0.39 is 5.97 Å². The summed E-state index contributed by atoms with van der Waals surface area (Å²) in [6.45, 7) is 3.87. The Kier molecular flexibility index (Phi) is 5.46. The van der Waals surface area contributed by atoms with E-state index in [0.29, 0.717) is 5.76 Å². The SMILES string of the molecule is CCCCCSCc1cc(C(=O)O)c(C)o1. The third-order valence-corrected chi connectivity index (χ3v) is 3.40. The molecule has 0 aliphatic carbocycles. The Balaban J connectivity index is 2.37. The quantitative estimate of drug-likeness (QED) is 0.740. The Morgan fingerprint density at radius 1 is 1.50 bits per heavy atom. The first-order chi connectivity index (χ1) is 7.65. The van der Waals surface area contributed by atoms with Gasteiger partial charge in [0.2, 0.25) is 0 Å². The van der Waals surface area contributed by atoms with Crippen LogP contribution in [0, 0.1) is 6.92 Å². The van der Waals surface area contributed by atoms with Crippen LogP contribution < -0.4 is 0 Å². The predicted octanol–water partition coefficient (Wildman–Crippen LogP) is 3.71. The number of unbranched alkanes of at least 4 members (excludes halogenated alkanes) is 2. The van der Waals surface area contributed by atoms with Crippen LogP contribution >= 0.6 is 11.8 Å². The highest BCUT2D eigenvalue weighted by molar-refractivity contribution is 7.98. The molecule has 3 nitrogen and oxygen atoms in total. The average Bonchev–Trinajstić information content (AvgIpc) is 2.59. The summed E-state index contributed by atoms with van der Waals surface area (Å²) in [5.74, 6) is 2.21. The number of carboxylic acid groups (broad SMARTS) is 1. The molecule has 1 N–H and O–H groups in total. The van der Waals surface area contributed by atoms with Gasteiger partial charge in [-0.05, 0) is 25.2 Å². The molecule has 1 aromatic rings. The Morgan fingerprint density at radius 3 is 2.81 bits per heavy atom. The van der Waals surface area contributed by atoms with Crippen LogP contribution in [-0.4, -0.2) is 16.8 Å². The summed E-state index contributed by atoms with van der Waals surface area (Å²) in [6.07, 6.45) is 3.70. The van der Waals surface area contributed by atoms with Gasteiger partial charge in [-0.25, -0.2) is 4.79 Å². The van der Waals surface area contributed by atoms with Crippen LogP contribution in [-0.2, 0) is 5.75 Å². The number of carbonyl (C=O) groups is 1. The monoisotopic (exact) mass is 242 g/mol. The second-order valence-electron chi connectivity index (χ2n) is 3.75. The van der Waals surface area contributed by atoms with Crippen molar-refractivity contribution >= 4 is 17.7 Å². The number of carboxylic acids is 1. The van der Waals surface area contributed by atoms with Gasteiger partial charge in [-0.15, -0.1) is 0 Å². The van der Waals surface area contributed by atoms with Gasteiger partial charge in [0.05, 0.1) is 5.75 Å². The van der Waals surface area contributed by atoms with Crippen molar-refractivity contribution in [3.8, 4) is 0 Å². The zero-order valence-electron chi connectivity index (χ0n) is 9.78. The van der Waals surface area contributed by atoms with E-state index in [-0.39, 0.29) is 5.56 Å². The molecule has 0 unspecified atom stereocenters. The third-order valence-electron chi connectivity index (χ3n) is 2.34. The molecule has 1 aromatic heterocycles. The van der Waals surface area contributed by atoms with E-state index in [0.717, 1.165) is 17.3 Å². The summed E-state index contributed by atoms with van der Waals surface area (Å²) in [5.41, 5.74) is 0.282. The summed E-state index contributed by atoms with van der Waals surface area (Å²) in [5, 5.41) is 8.85. The molecule has 0 radical (unpaired) electrons. The Bertz CT molecular complexity index is 344. The van der Waals surface area contributed by atoms with Crippen LogP contribution in [0.4, 0.5) is 0 Å². The van der Waals surface area contributed by atoms with E-state index in [9.17, 15) is 4.79 Å². The van der Waals surface area contributed by atoms with Crippen molar-refractivity contribution in [2.24, 2.45) is 0 Å². The fraction of sp³-hybridized carbons (Fsp3) is 0.583. The van der Waals surface area contributed by atoms with E-state index in [2.05, 4.69) is 6.92 Å². The number of rotatable bonds is 7. The Hall–Kier alpha value is -0.900. The third kappa shape index (κ3) is 3.93. The summed E-state index contributed by atoms with van der Waals surface area (Å²) < 4.78 is 5.38. The van der Waals surface area contributed by atoms with E-state index >= 15 is 0 Å². The van der Waals surface area contributed by atoms with Crippen molar-refractivity contribution in [3.05, 3.63) is 23.2 Å². The fourth-order valence-corrected chi connectivity index (χ4v) is 2.35. The lowest BCUT2D eigenvalue weighted by atomic mass is 10.2. The number of furan rings is 1. The molecule has 1 heterocycles. The van der Waals surface area contributed by atoms with Crippen molar-refractivity contribution in [2.45, 2.75) is 38.9 Å². The molecule has 16 heavy (non-hydrogen) atoms. The molecule has 0 aliphatic heterocycles. The van der Waals surface area contributed by atoms with Crippen molar-refractivity contribution in [1.29, 1.82) is 0 Å². The summed E-state index contributed by atoms with van der Waals surface area (Å²) in [4.78, 5) is 10.8. The van der Waals surface area contributed by atoms with Gasteiger partial charge in [-0.1, -0.05) is 19.8 Å². The van der Waals surface area contributed by atoms with Gasteiger partial charge >= 0.3 is 5.97 Å². The van der Waals surface area contributed by atoms with E-state index in [1.54, 1.807) is 24.8 Å². The van der Waals surface area contributed by atoms with Crippen molar-refractivity contribution in [2.75, 3.05) is 5.75 Å². The number of hydrogen-bond acceptors (Lipinski definition) is 3. The van der Waals surface area contributed by atoms with Crippen molar-refractivity contribution in [3.63, 3.8) is 0 Å². The molecule has 0 spiro atoms. The lowest BCUT2D eigenvalue weighted by Crippen LogP contribution is -1.94. The van der Waals surface area contributed by atoms with Crippen LogP contribution in [0.15, 0.2) is 10.5 Å². The first-order valence-corrected chi connectivity index (χ1v) is 6.71. The highest BCUT2D eigenvalue weighted by Crippen LogP contribution is 2.20. The molecule has 90 valence electrons. The number of thioether (sulfide) groups is 1. The average molecular weight is 242 g/mol. The minimum atomic E-state index is -0.913. The molecule has 0 aromatic carbocycles. The smallest absolute Gasteiger partial charge is 0.339 e. The maximum Gasteiger partial charge on any atom is 0.339 e. The van der Waals surface area contributed by atoms with Crippen LogP contribution in [0.25, 0.3) is 0 Å². The fourth-order valence-electron chi connectivity index (χ4n) is 1.45. The summed E-state index contributed by atoms with van der Waals surface area (Å²) >= 11 is 1.79. The van der Waals surface area contributed by atoms with Crippen LogP contribution in [0.1, 0.15) is 48.1 Å². The topological polar surface area (TPSA) is 50.4 Å². The maximum atomic E-state index is 10.8. The molecule has 0 aliphatic rings. The van der Waals surface area contributed by atoms with E-state index in [1.165, 1.54) is 19.3 Å². The van der Waals surface area contributed by atoms with Gasteiger partial charge in [-0.2, -0.15) is 11.8 Å². The van der Waals surface area contributed by atoms with Crippen LogP contribution in [0.5, 0.6) is 0 Å². The van der Waals surface area contributed by atoms with Crippen molar-refractivity contribution < 1.29 is 14.3 Å². The molecule has 0 bridgehead atoms. The largest absolute Gasteiger partial charge is 0.478 e. The van der Waals surface area contributed by atoms with Gasteiger partial charge in [0.1, 0.15) is 17.1 Å². The molecule has 0 saturated carbocycles. The van der Waals surface area contributed by atoms with Crippen LogP contribution in [0.3, 0.4) is 0 Å². The molecule has 4 heteroatoms. The Labute approximate surface area is 100 Å². The molecule has 1 rings (SSSR count). The van der Waals surface area contributed by atoms with Gasteiger partial charge in [0.15, 0.2) is 0 Å². The molecular weight excluding hydrogens is 224 g/mol. The Morgan fingerprint density at radius 2 is 2.25 bits per heavy atom. The molecule has 0 atom stereocenters. The zero-order valence-corrected chi connectivity index (χ0v) is 10.6. The van der Waals surface area contributed by atoms with Gasteiger partial charge < -0.3 is 9.52 Å². The maximum absolute atomic E-state index is 10.8. The van der Waals surface area contributed by atoms with Gasteiger partial charge in [0.25, 0.3) is 0 Å². The highest BCUT2D eigenvalue weighted by Gasteiger charge is 2.13. The number of aromatic carboxylic acids is 1. The highest BCUT2D eigenvalue weighted by atomic mass is 32.2. The van der Waals surface area contributed by atoms with Crippen molar-refractivity contribution in [1.82, 2.24) is 0 Å². The molecular formula is C12H18O3S. The first kappa shape index (κ1) is 13.2. The standard InChI is InChI=1S/C12H18O3S/c1-3-4-5-6-16-8-10-7-11(12(13)14)9(2)15-10/h7H,3-6,8H2,1-2H3,(H,13,14). The van der Waals surface area contributed by atoms with Gasteiger partial charge in [0, 0.05) is 0 Å². The minimum Gasteiger partial charge on any atom is -0.478 e. The minimum absolute atomic E-state index is 0.282. The second kappa shape index (κ2) is 6.63. The van der Waals surface area contributed by atoms with E-state index in [1.807, 2.05) is 0 Å². The molecule has 0 fully saturated rings. The predicted molar refractivity (Wildman–Crippen MR) is 66.1 cm³/mol. The van der Waals surface area contributed by atoms with Crippen LogP contribution in [0.2, 0.25) is 0 Å². The van der Waals surface area contributed by atoms with Gasteiger partial charge in [-0.3, -0.25) is 0 Å². The second-order valence-corrected chi connectivity index (χ2v) is 4.85. The molecule has 0 amide bonds. The lowest BCUT2D eigenvalue weighted by Gasteiger charge is -1.97. The number of aryl methyl sites for hydroxylation is 1. The van der Waals surface area contributed by atoms with E-state index in [4.69, 9.17) is 9.52 Å².